The van der Waals surface area contributed by atoms with Gasteiger partial charge < -0.3 is 19.7 Å². The van der Waals surface area contributed by atoms with Crippen molar-refractivity contribution in [3.05, 3.63) is 58.7 Å². The van der Waals surface area contributed by atoms with Crippen molar-refractivity contribution in [3.8, 4) is 0 Å². The Labute approximate surface area is 202 Å². The van der Waals surface area contributed by atoms with E-state index in [1.165, 1.54) is 54.6 Å². The van der Waals surface area contributed by atoms with Crippen LogP contribution in [0.5, 0.6) is 0 Å². The molecule has 182 valence electrons. The number of ether oxygens (including phenoxy) is 2. The molecule has 0 aliphatic heterocycles. The highest BCUT2D eigenvalue weighted by Crippen LogP contribution is 2.40. The first kappa shape index (κ1) is 24.9. The molecule has 34 heavy (non-hydrogen) atoms. The summed E-state index contributed by atoms with van der Waals surface area (Å²) in [5.74, 6) is 0. The number of aryl methyl sites for hydroxylation is 4. The average Bonchev–Trinajstić information content (AvgIpc) is 2.83. The van der Waals surface area contributed by atoms with Crippen LogP contribution in [-0.4, -0.2) is 48.8 Å². The Morgan fingerprint density at radius 1 is 0.706 bits per heavy atom. The average molecular weight is 463 g/mol. The summed E-state index contributed by atoms with van der Waals surface area (Å²) in [5, 5.41) is 26.5. The van der Waals surface area contributed by atoms with Crippen molar-refractivity contribution in [1.29, 1.82) is 0 Å². The Kier molecular flexibility index (Phi) is 7.73. The molecule has 0 saturated heterocycles. The monoisotopic (exact) mass is 462 g/mol. The fourth-order valence-corrected chi connectivity index (χ4v) is 5.12. The highest BCUT2D eigenvalue weighted by atomic mass is 16.5. The molecular formula is C30H38O4. The Morgan fingerprint density at radius 2 is 1.21 bits per heavy atom. The van der Waals surface area contributed by atoms with Gasteiger partial charge in [0.1, 0.15) is 0 Å². The minimum Gasteiger partial charge on any atom is -0.394 e. The van der Waals surface area contributed by atoms with Crippen LogP contribution in [0.4, 0.5) is 0 Å². The molecule has 0 aromatic heterocycles. The lowest BCUT2D eigenvalue weighted by atomic mass is 9.85. The fraction of sp³-hybridized carbons (Fsp3) is 0.467. The molecule has 0 aliphatic carbocycles. The molecule has 4 rings (SSSR count). The second-order valence-corrected chi connectivity index (χ2v) is 10.1. The summed E-state index contributed by atoms with van der Waals surface area (Å²) in [6, 6.07) is 13.8. The first-order valence-corrected chi connectivity index (χ1v) is 12.5. The molecule has 0 saturated carbocycles. The van der Waals surface area contributed by atoms with Crippen molar-refractivity contribution in [1.82, 2.24) is 0 Å². The summed E-state index contributed by atoms with van der Waals surface area (Å²) in [7, 11) is 0. The van der Waals surface area contributed by atoms with Gasteiger partial charge in [0, 0.05) is 13.2 Å². The Morgan fingerprint density at radius 3 is 1.71 bits per heavy atom. The van der Waals surface area contributed by atoms with Crippen LogP contribution >= 0.6 is 0 Å². The van der Waals surface area contributed by atoms with E-state index < -0.39 is 5.60 Å². The molecule has 4 nitrogen and oxygen atoms in total. The highest BCUT2D eigenvalue weighted by molar-refractivity contribution is 6.25. The molecule has 4 aromatic rings. The predicted octanol–water partition coefficient (Wildman–Crippen LogP) is 5.86. The summed E-state index contributed by atoms with van der Waals surface area (Å²) in [4.78, 5) is 0. The lowest BCUT2D eigenvalue weighted by Crippen LogP contribution is -2.29. The smallest absolute Gasteiger partial charge is 0.0856 e. The molecule has 2 N–H and O–H groups in total. The molecule has 4 aromatic carbocycles. The van der Waals surface area contributed by atoms with Crippen LogP contribution in [-0.2, 0) is 22.3 Å². The first-order valence-electron chi connectivity index (χ1n) is 12.5. The third kappa shape index (κ3) is 5.06. The van der Waals surface area contributed by atoms with Gasteiger partial charge in [0.2, 0.25) is 0 Å². The van der Waals surface area contributed by atoms with Gasteiger partial charge in [-0.3, -0.25) is 0 Å². The molecular weight excluding hydrogens is 424 g/mol. The van der Waals surface area contributed by atoms with E-state index in [2.05, 4.69) is 50.2 Å². The summed E-state index contributed by atoms with van der Waals surface area (Å²) in [5.41, 5.74) is 4.88. The van der Waals surface area contributed by atoms with E-state index in [0.717, 1.165) is 25.7 Å². The number of hydrogen-bond donors (Lipinski definition) is 2. The number of benzene rings is 4. The molecule has 0 heterocycles. The van der Waals surface area contributed by atoms with Gasteiger partial charge in [-0.05, 0) is 108 Å². The topological polar surface area (TPSA) is 58.9 Å². The SMILES string of the molecule is Cc1cc(CCCOCCO)c2ccc3c(C)cc(CCCOC(C)(C)CO)c4ccc1c2c34. The second-order valence-electron chi connectivity index (χ2n) is 10.1. The summed E-state index contributed by atoms with van der Waals surface area (Å²) in [6.07, 6.45) is 3.78. The molecule has 0 spiro atoms. The van der Waals surface area contributed by atoms with Gasteiger partial charge in [-0.2, -0.15) is 0 Å². The van der Waals surface area contributed by atoms with Gasteiger partial charge in [0.15, 0.2) is 0 Å². The molecule has 0 amide bonds. The summed E-state index contributed by atoms with van der Waals surface area (Å²) >= 11 is 0. The fourth-order valence-electron chi connectivity index (χ4n) is 5.12. The van der Waals surface area contributed by atoms with Crippen LogP contribution in [0.25, 0.3) is 32.3 Å². The van der Waals surface area contributed by atoms with Crippen LogP contribution in [0.15, 0.2) is 36.4 Å². The lowest BCUT2D eigenvalue weighted by molar-refractivity contribution is -0.0540. The zero-order valence-corrected chi connectivity index (χ0v) is 21.0. The van der Waals surface area contributed by atoms with Crippen LogP contribution in [0.3, 0.4) is 0 Å². The number of rotatable bonds is 12. The van der Waals surface area contributed by atoms with Gasteiger partial charge in [-0.15, -0.1) is 0 Å². The van der Waals surface area contributed by atoms with Crippen molar-refractivity contribution in [2.75, 3.05) is 33.0 Å². The number of aliphatic hydroxyl groups is 2. The van der Waals surface area contributed by atoms with Crippen molar-refractivity contribution in [2.45, 2.75) is 59.0 Å². The Bertz CT molecular complexity index is 1260. The molecule has 0 radical (unpaired) electrons. The van der Waals surface area contributed by atoms with E-state index in [4.69, 9.17) is 14.6 Å². The van der Waals surface area contributed by atoms with Crippen molar-refractivity contribution in [3.63, 3.8) is 0 Å². The molecule has 0 fully saturated rings. The van der Waals surface area contributed by atoms with E-state index >= 15 is 0 Å². The van der Waals surface area contributed by atoms with Gasteiger partial charge in [0.05, 0.1) is 25.4 Å². The van der Waals surface area contributed by atoms with Crippen LogP contribution < -0.4 is 0 Å². The molecule has 0 unspecified atom stereocenters. The minimum absolute atomic E-state index is 0.0279. The van der Waals surface area contributed by atoms with Crippen molar-refractivity contribution < 1.29 is 19.7 Å². The van der Waals surface area contributed by atoms with Gasteiger partial charge in [-0.25, -0.2) is 0 Å². The molecule has 0 aliphatic rings. The molecule has 0 atom stereocenters. The van der Waals surface area contributed by atoms with Crippen LogP contribution in [0, 0.1) is 13.8 Å². The van der Waals surface area contributed by atoms with E-state index in [-0.39, 0.29) is 13.2 Å². The zero-order valence-electron chi connectivity index (χ0n) is 21.0. The van der Waals surface area contributed by atoms with Crippen molar-refractivity contribution in [2.24, 2.45) is 0 Å². The van der Waals surface area contributed by atoms with Gasteiger partial charge in [-0.1, -0.05) is 36.4 Å². The normalized spacial score (nSPS) is 12.5. The standard InChI is InChI=1S/C30H38O4/c1-20-17-22(7-5-14-33-16-13-31)26-11-9-25-21(2)18-23(8-6-15-34-30(3,4)19-32)27-12-10-24(20)28(26)29(25)27/h9-12,17-18,31-32H,5-8,13-16,19H2,1-4H3. The first-order chi connectivity index (χ1) is 16.4. The van der Waals surface area contributed by atoms with E-state index in [1.807, 2.05) is 13.8 Å². The maximum Gasteiger partial charge on any atom is 0.0856 e. The third-order valence-corrected chi connectivity index (χ3v) is 6.92. The van der Waals surface area contributed by atoms with E-state index in [0.29, 0.717) is 19.8 Å². The second kappa shape index (κ2) is 10.6. The third-order valence-electron chi connectivity index (χ3n) is 6.92. The van der Waals surface area contributed by atoms with Crippen molar-refractivity contribution >= 4 is 32.3 Å². The Balaban J connectivity index is 1.71. The van der Waals surface area contributed by atoms with Crippen LogP contribution in [0.2, 0.25) is 0 Å². The van der Waals surface area contributed by atoms with Gasteiger partial charge in [0.25, 0.3) is 0 Å². The summed E-state index contributed by atoms with van der Waals surface area (Å²) in [6.45, 7) is 10.1. The number of hydrogen-bond acceptors (Lipinski definition) is 4. The van der Waals surface area contributed by atoms with E-state index in [9.17, 15) is 5.11 Å². The minimum atomic E-state index is -0.490. The quantitative estimate of drug-likeness (QED) is 0.204. The summed E-state index contributed by atoms with van der Waals surface area (Å²) < 4.78 is 11.4. The van der Waals surface area contributed by atoms with Gasteiger partial charge >= 0.3 is 0 Å². The van der Waals surface area contributed by atoms with E-state index in [1.54, 1.807) is 0 Å². The Hall–Kier alpha value is -2.24. The molecule has 4 heteroatoms. The zero-order chi connectivity index (χ0) is 24.3. The lowest BCUT2D eigenvalue weighted by Gasteiger charge is -2.23. The highest BCUT2D eigenvalue weighted by Gasteiger charge is 2.18. The predicted molar refractivity (Wildman–Crippen MR) is 141 cm³/mol. The maximum absolute atomic E-state index is 9.44. The molecule has 0 bridgehead atoms. The van der Waals surface area contributed by atoms with Crippen LogP contribution in [0.1, 0.15) is 48.9 Å². The largest absolute Gasteiger partial charge is 0.394 e. The maximum atomic E-state index is 9.44. The number of aliphatic hydroxyl groups excluding tert-OH is 2.